The normalized spacial score (nSPS) is 15.4. The van der Waals surface area contributed by atoms with Crippen LogP contribution in [0.15, 0.2) is 47.7 Å². The lowest BCUT2D eigenvalue weighted by molar-refractivity contribution is 0.260. The number of hydrogen-bond acceptors (Lipinski definition) is 5. The summed E-state index contributed by atoms with van der Waals surface area (Å²) < 4.78 is 0. The molecular formula is C22H33N7. The third kappa shape index (κ3) is 6.42. The first-order valence-corrected chi connectivity index (χ1v) is 10.6. The van der Waals surface area contributed by atoms with Crippen molar-refractivity contribution in [2.24, 2.45) is 4.99 Å². The number of aliphatic imine (C=N–C) groups is 1. The van der Waals surface area contributed by atoms with Gasteiger partial charge in [0, 0.05) is 58.2 Å². The molecule has 1 aliphatic heterocycles. The highest BCUT2D eigenvalue weighted by molar-refractivity contribution is 5.79. The average Bonchev–Trinajstić information content (AvgIpc) is 2.78. The Morgan fingerprint density at radius 3 is 2.38 bits per heavy atom. The number of nitrogens with one attached hydrogen (secondary N) is 2. The van der Waals surface area contributed by atoms with Gasteiger partial charge in [-0.2, -0.15) is 0 Å². The number of nitrogens with zero attached hydrogens (tertiary/aromatic N) is 5. The quantitative estimate of drug-likeness (QED) is 0.526. The predicted molar refractivity (Wildman–Crippen MR) is 119 cm³/mol. The van der Waals surface area contributed by atoms with E-state index in [9.17, 15) is 0 Å². The van der Waals surface area contributed by atoms with Gasteiger partial charge in [-0.3, -0.25) is 4.90 Å². The zero-order chi connectivity index (χ0) is 20.3. The number of guanidine groups is 1. The van der Waals surface area contributed by atoms with E-state index in [1.807, 2.05) is 6.07 Å². The Morgan fingerprint density at radius 1 is 0.966 bits per heavy atom. The zero-order valence-electron chi connectivity index (χ0n) is 17.6. The summed E-state index contributed by atoms with van der Waals surface area (Å²) in [6, 6.07) is 10.4. The Hall–Kier alpha value is -2.67. The highest BCUT2D eigenvalue weighted by atomic mass is 15.3. The van der Waals surface area contributed by atoms with Crippen LogP contribution in [0.25, 0.3) is 0 Å². The Balaban J connectivity index is 1.44. The van der Waals surface area contributed by atoms with Crippen molar-refractivity contribution in [3.8, 4) is 0 Å². The smallest absolute Gasteiger partial charge is 0.225 e. The van der Waals surface area contributed by atoms with E-state index < -0.39 is 0 Å². The second-order valence-electron chi connectivity index (χ2n) is 7.12. The Labute approximate surface area is 174 Å². The molecule has 3 rings (SSSR count). The minimum atomic E-state index is 0.703. The molecule has 1 aromatic carbocycles. The third-order valence-corrected chi connectivity index (χ3v) is 5.18. The van der Waals surface area contributed by atoms with Gasteiger partial charge < -0.3 is 15.5 Å². The maximum Gasteiger partial charge on any atom is 0.225 e. The molecule has 2 aromatic rings. The largest absolute Gasteiger partial charge is 0.357 e. The lowest BCUT2D eigenvalue weighted by Gasteiger charge is -2.34. The van der Waals surface area contributed by atoms with Crippen LogP contribution in [0.5, 0.6) is 0 Å². The third-order valence-electron chi connectivity index (χ3n) is 5.18. The van der Waals surface area contributed by atoms with E-state index in [4.69, 9.17) is 4.99 Å². The minimum absolute atomic E-state index is 0.703. The molecule has 7 nitrogen and oxygen atoms in total. The highest BCUT2D eigenvalue weighted by Crippen LogP contribution is 2.11. The van der Waals surface area contributed by atoms with E-state index >= 15 is 0 Å². The van der Waals surface area contributed by atoms with Crippen molar-refractivity contribution in [2.75, 3.05) is 50.7 Å². The molecule has 2 heterocycles. The second kappa shape index (κ2) is 11.4. The Bertz CT molecular complexity index is 755. The first kappa shape index (κ1) is 21.0. The summed E-state index contributed by atoms with van der Waals surface area (Å²) in [6.07, 6.45) is 4.65. The van der Waals surface area contributed by atoms with Gasteiger partial charge in [-0.05, 0) is 30.5 Å². The molecule has 7 heteroatoms. The highest BCUT2D eigenvalue weighted by Gasteiger charge is 2.18. The van der Waals surface area contributed by atoms with Gasteiger partial charge in [0.25, 0.3) is 0 Å². The van der Waals surface area contributed by atoms with Crippen LogP contribution in [0.3, 0.4) is 0 Å². The number of hydrogen-bond donors (Lipinski definition) is 2. The number of benzene rings is 1. The van der Waals surface area contributed by atoms with Crippen LogP contribution < -0.4 is 15.5 Å². The number of aryl methyl sites for hydroxylation is 1. The molecule has 1 aromatic heterocycles. The summed E-state index contributed by atoms with van der Waals surface area (Å²) in [5, 5.41) is 6.83. The molecule has 2 N–H and O–H groups in total. The summed E-state index contributed by atoms with van der Waals surface area (Å²) >= 11 is 0. The fraction of sp³-hybridized carbons (Fsp3) is 0.500. The fourth-order valence-electron chi connectivity index (χ4n) is 3.52. The summed E-state index contributed by atoms with van der Waals surface area (Å²) in [5.41, 5.74) is 2.67. The lowest BCUT2D eigenvalue weighted by Crippen LogP contribution is -2.49. The molecule has 0 spiro atoms. The Morgan fingerprint density at radius 2 is 1.69 bits per heavy atom. The van der Waals surface area contributed by atoms with Gasteiger partial charge in [-0.25, -0.2) is 15.0 Å². The van der Waals surface area contributed by atoms with Crippen LogP contribution in [0.1, 0.15) is 25.0 Å². The van der Waals surface area contributed by atoms with E-state index in [0.717, 1.165) is 64.1 Å². The van der Waals surface area contributed by atoms with Gasteiger partial charge in [0.2, 0.25) is 5.95 Å². The predicted octanol–water partition coefficient (Wildman–Crippen LogP) is 1.92. The first-order chi connectivity index (χ1) is 14.3. The van der Waals surface area contributed by atoms with Crippen molar-refractivity contribution < 1.29 is 0 Å². The maximum atomic E-state index is 4.78. The van der Waals surface area contributed by atoms with E-state index in [-0.39, 0.29) is 0 Å². The van der Waals surface area contributed by atoms with Gasteiger partial charge >= 0.3 is 0 Å². The minimum Gasteiger partial charge on any atom is -0.357 e. The van der Waals surface area contributed by atoms with Crippen molar-refractivity contribution in [1.29, 1.82) is 0 Å². The molecule has 0 aliphatic carbocycles. The van der Waals surface area contributed by atoms with Crippen molar-refractivity contribution in [3.63, 3.8) is 0 Å². The summed E-state index contributed by atoms with van der Waals surface area (Å²) in [7, 11) is 0. The van der Waals surface area contributed by atoms with Gasteiger partial charge in [0.1, 0.15) is 0 Å². The first-order valence-electron chi connectivity index (χ1n) is 10.6. The summed E-state index contributed by atoms with van der Waals surface area (Å²) in [4.78, 5) is 18.2. The van der Waals surface area contributed by atoms with Crippen LogP contribution in [0.2, 0.25) is 0 Å². The van der Waals surface area contributed by atoms with Crippen LogP contribution >= 0.6 is 0 Å². The van der Waals surface area contributed by atoms with E-state index in [1.165, 1.54) is 11.1 Å². The monoisotopic (exact) mass is 395 g/mol. The molecule has 0 amide bonds. The molecule has 0 radical (unpaired) electrons. The number of rotatable bonds is 8. The molecule has 1 aliphatic rings. The van der Waals surface area contributed by atoms with Gasteiger partial charge in [0.05, 0.1) is 6.54 Å². The van der Waals surface area contributed by atoms with Gasteiger partial charge in [0.15, 0.2) is 5.96 Å². The average molecular weight is 396 g/mol. The van der Waals surface area contributed by atoms with Crippen LogP contribution in [0, 0.1) is 0 Å². The van der Waals surface area contributed by atoms with Crippen molar-refractivity contribution >= 4 is 11.9 Å². The molecule has 1 saturated heterocycles. The fourth-order valence-corrected chi connectivity index (χ4v) is 3.52. The van der Waals surface area contributed by atoms with Gasteiger partial charge in [-0.15, -0.1) is 0 Å². The molecule has 0 saturated carbocycles. The zero-order valence-corrected chi connectivity index (χ0v) is 17.6. The maximum absolute atomic E-state index is 4.78. The van der Waals surface area contributed by atoms with Crippen molar-refractivity contribution in [2.45, 2.75) is 26.8 Å². The molecule has 0 unspecified atom stereocenters. The van der Waals surface area contributed by atoms with Crippen molar-refractivity contribution in [1.82, 2.24) is 25.5 Å². The van der Waals surface area contributed by atoms with E-state index in [0.29, 0.717) is 6.54 Å². The molecule has 156 valence electrons. The molecular weight excluding hydrogens is 362 g/mol. The van der Waals surface area contributed by atoms with Crippen LogP contribution in [-0.2, 0) is 13.0 Å². The SMILES string of the molecule is CCNC(=NCc1ccccc1CC)NCCN1CCN(c2ncccn2)CC1. The van der Waals surface area contributed by atoms with E-state index in [2.05, 4.69) is 68.5 Å². The summed E-state index contributed by atoms with van der Waals surface area (Å²) in [6.45, 7) is 11.7. The van der Waals surface area contributed by atoms with Gasteiger partial charge in [-0.1, -0.05) is 31.2 Å². The number of anilines is 1. The van der Waals surface area contributed by atoms with Crippen LogP contribution in [-0.4, -0.2) is 66.6 Å². The standard InChI is InChI=1S/C22H33N7/c1-3-19-8-5-6-9-20(19)18-27-21(23-4-2)24-12-13-28-14-16-29(17-15-28)22-25-10-7-11-26-22/h5-11H,3-4,12-18H2,1-2H3,(H2,23,24,27). The summed E-state index contributed by atoms with van der Waals surface area (Å²) in [5.74, 6) is 1.72. The number of piperazine rings is 1. The van der Waals surface area contributed by atoms with E-state index in [1.54, 1.807) is 12.4 Å². The van der Waals surface area contributed by atoms with Crippen LogP contribution in [0.4, 0.5) is 5.95 Å². The Kier molecular flexibility index (Phi) is 8.25. The molecule has 0 bridgehead atoms. The molecule has 0 atom stereocenters. The topological polar surface area (TPSA) is 68.7 Å². The molecule has 29 heavy (non-hydrogen) atoms. The molecule has 1 fully saturated rings. The lowest BCUT2D eigenvalue weighted by atomic mass is 10.1. The second-order valence-corrected chi connectivity index (χ2v) is 7.12. The number of aromatic nitrogens is 2. The van der Waals surface area contributed by atoms with Crippen molar-refractivity contribution in [3.05, 3.63) is 53.9 Å².